The number of amides is 2. The zero-order chi connectivity index (χ0) is 12.4. The lowest BCUT2D eigenvalue weighted by Crippen LogP contribution is -2.26. The van der Waals surface area contributed by atoms with Crippen LogP contribution < -0.4 is 4.90 Å². The predicted octanol–water partition coefficient (Wildman–Crippen LogP) is 1.61. The van der Waals surface area contributed by atoms with E-state index < -0.39 is 6.09 Å². The van der Waals surface area contributed by atoms with E-state index in [1.165, 1.54) is 4.90 Å². The lowest BCUT2D eigenvalue weighted by atomic mass is 10.1. The van der Waals surface area contributed by atoms with Gasteiger partial charge in [0.05, 0.1) is 12.3 Å². The van der Waals surface area contributed by atoms with Crippen LogP contribution in [0, 0.1) is 0 Å². The Hall–Kier alpha value is -2.17. The average molecular weight is 232 g/mol. The number of para-hydroxylation sites is 1. The van der Waals surface area contributed by atoms with Gasteiger partial charge in [0.15, 0.2) is 0 Å². The van der Waals surface area contributed by atoms with Gasteiger partial charge in [-0.15, -0.1) is 0 Å². The van der Waals surface area contributed by atoms with E-state index in [9.17, 15) is 9.59 Å². The Morgan fingerprint density at radius 3 is 2.82 bits per heavy atom. The minimum Gasteiger partial charge on any atom is -0.448 e. The summed E-state index contributed by atoms with van der Waals surface area (Å²) in [5, 5.41) is 0. The molecule has 0 saturated carbocycles. The van der Waals surface area contributed by atoms with Crippen LogP contribution in [-0.2, 0) is 9.53 Å². The summed E-state index contributed by atoms with van der Waals surface area (Å²) in [5.74, 6) is -0.292. The number of nitrogens with zero attached hydrogens (tertiary/aromatic N) is 2. The predicted molar refractivity (Wildman–Crippen MR) is 63.4 cm³/mol. The van der Waals surface area contributed by atoms with Crippen LogP contribution in [0.15, 0.2) is 29.3 Å². The van der Waals surface area contributed by atoms with Crippen molar-refractivity contribution in [2.45, 2.75) is 6.92 Å². The van der Waals surface area contributed by atoms with Crippen molar-refractivity contribution in [1.82, 2.24) is 0 Å². The van der Waals surface area contributed by atoms with Gasteiger partial charge < -0.3 is 9.64 Å². The van der Waals surface area contributed by atoms with Crippen molar-refractivity contribution >= 4 is 23.4 Å². The fourth-order valence-corrected chi connectivity index (χ4v) is 1.70. The van der Waals surface area contributed by atoms with Gasteiger partial charge >= 0.3 is 6.09 Å². The summed E-state index contributed by atoms with van der Waals surface area (Å²) < 4.78 is 4.71. The first-order valence-electron chi connectivity index (χ1n) is 5.28. The number of aliphatic imine (C=N–C) groups is 1. The highest BCUT2D eigenvalue weighted by atomic mass is 16.5. The molecule has 0 radical (unpaired) electrons. The van der Waals surface area contributed by atoms with Crippen LogP contribution in [0.1, 0.15) is 12.5 Å². The van der Waals surface area contributed by atoms with Gasteiger partial charge in [-0.25, -0.2) is 4.79 Å². The van der Waals surface area contributed by atoms with Gasteiger partial charge in [-0.05, 0) is 13.0 Å². The Balaban J connectivity index is 2.43. The smallest absolute Gasteiger partial charge is 0.434 e. The molecule has 1 aromatic rings. The summed E-state index contributed by atoms with van der Waals surface area (Å²) in [6, 6.07) is 7.19. The molecule has 17 heavy (non-hydrogen) atoms. The molecule has 2 rings (SSSR count). The molecular formula is C12H12N2O3. The highest BCUT2D eigenvalue weighted by Crippen LogP contribution is 2.27. The number of hydrogen-bond donors (Lipinski definition) is 0. The second-order valence-electron chi connectivity index (χ2n) is 3.54. The highest BCUT2D eigenvalue weighted by molar-refractivity contribution is 6.55. The number of rotatable bonds is 1. The average Bonchev–Trinajstić information content (AvgIpc) is 2.56. The second-order valence-corrected chi connectivity index (χ2v) is 3.54. The molecule has 0 bridgehead atoms. The fourth-order valence-electron chi connectivity index (χ4n) is 1.70. The van der Waals surface area contributed by atoms with Crippen LogP contribution in [0.3, 0.4) is 0 Å². The second kappa shape index (κ2) is 4.37. The van der Waals surface area contributed by atoms with Crippen molar-refractivity contribution in [2.24, 2.45) is 4.99 Å². The topological polar surface area (TPSA) is 59.0 Å². The van der Waals surface area contributed by atoms with Gasteiger partial charge in [0.1, 0.15) is 5.71 Å². The maximum absolute atomic E-state index is 11.9. The molecule has 1 heterocycles. The minimum absolute atomic E-state index is 0.140. The molecule has 0 aromatic heterocycles. The number of anilines is 1. The Kier molecular flexibility index (Phi) is 2.91. The third-order valence-electron chi connectivity index (χ3n) is 2.50. The quantitative estimate of drug-likeness (QED) is 0.739. The number of likely N-dealkylation sites (N-methyl/N-ethyl adjacent to an activating group) is 1. The van der Waals surface area contributed by atoms with Gasteiger partial charge in [0, 0.05) is 12.6 Å². The number of ether oxygens (including phenoxy) is 1. The Labute approximate surface area is 98.7 Å². The molecule has 88 valence electrons. The van der Waals surface area contributed by atoms with Gasteiger partial charge in [-0.3, -0.25) is 4.79 Å². The molecule has 0 N–H and O–H groups in total. The van der Waals surface area contributed by atoms with Gasteiger partial charge in [0.25, 0.3) is 5.91 Å². The van der Waals surface area contributed by atoms with Gasteiger partial charge in [0.2, 0.25) is 0 Å². The van der Waals surface area contributed by atoms with Crippen LogP contribution in [0.4, 0.5) is 10.5 Å². The van der Waals surface area contributed by atoms with E-state index in [0.29, 0.717) is 5.56 Å². The van der Waals surface area contributed by atoms with E-state index in [0.717, 1.165) is 5.69 Å². The Morgan fingerprint density at radius 1 is 1.41 bits per heavy atom. The molecule has 1 aromatic carbocycles. The fraction of sp³-hybridized carbons (Fsp3) is 0.250. The molecule has 0 spiro atoms. The van der Waals surface area contributed by atoms with Crippen LogP contribution in [-0.4, -0.2) is 31.4 Å². The van der Waals surface area contributed by atoms with Gasteiger partial charge in [-0.1, -0.05) is 18.2 Å². The molecule has 0 saturated heterocycles. The van der Waals surface area contributed by atoms with E-state index in [4.69, 9.17) is 4.74 Å². The summed E-state index contributed by atoms with van der Waals surface area (Å²) >= 11 is 0. The summed E-state index contributed by atoms with van der Waals surface area (Å²) in [7, 11) is 1.65. The van der Waals surface area contributed by atoms with Crippen LogP contribution in [0.5, 0.6) is 0 Å². The van der Waals surface area contributed by atoms with Crippen LogP contribution in [0.2, 0.25) is 0 Å². The SMILES string of the molecule is CCOC(=O)N=C1C(=O)N(C)c2ccccc21. The third-order valence-corrected chi connectivity index (χ3v) is 2.50. The highest BCUT2D eigenvalue weighted by Gasteiger charge is 2.31. The number of hydrogen-bond acceptors (Lipinski definition) is 3. The maximum Gasteiger partial charge on any atom is 0.434 e. The first-order valence-corrected chi connectivity index (χ1v) is 5.28. The molecule has 5 nitrogen and oxygen atoms in total. The molecular weight excluding hydrogens is 220 g/mol. The van der Waals surface area contributed by atoms with E-state index >= 15 is 0 Å². The molecule has 1 aliphatic rings. The van der Waals surface area contributed by atoms with Crippen molar-refractivity contribution in [3.63, 3.8) is 0 Å². The summed E-state index contributed by atoms with van der Waals surface area (Å²) in [6.07, 6.45) is -0.735. The lowest BCUT2D eigenvalue weighted by Gasteiger charge is -2.07. The number of fused-ring (bicyclic) bond motifs is 1. The van der Waals surface area contributed by atoms with Crippen LogP contribution in [0.25, 0.3) is 0 Å². The third kappa shape index (κ3) is 1.91. The summed E-state index contributed by atoms with van der Waals surface area (Å²) in [5.41, 5.74) is 1.55. The normalized spacial score (nSPS) is 16.2. The number of carbonyl (C=O) groups excluding carboxylic acids is 2. The van der Waals surface area contributed by atoms with E-state index in [-0.39, 0.29) is 18.2 Å². The lowest BCUT2D eigenvalue weighted by molar-refractivity contribution is -0.111. The van der Waals surface area contributed by atoms with E-state index in [1.54, 1.807) is 32.2 Å². The standard InChI is InChI=1S/C12H12N2O3/c1-3-17-12(16)13-10-8-6-4-5-7-9(8)14(2)11(10)15/h4-7H,3H2,1-2H3. The van der Waals surface area contributed by atoms with Gasteiger partial charge in [-0.2, -0.15) is 4.99 Å². The molecule has 2 amide bonds. The van der Waals surface area contributed by atoms with Crippen molar-refractivity contribution < 1.29 is 14.3 Å². The molecule has 0 atom stereocenters. The molecule has 1 aliphatic heterocycles. The van der Waals surface area contributed by atoms with Crippen molar-refractivity contribution in [3.8, 4) is 0 Å². The minimum atomic E-state index is -0.735. The Morgan fingerprint density at radius 2 is 2.12 bits per heavy atom. The van der Waals surface area contributed by atoms with Crippen molar-refractivity contribution in [1.29, 1.82) is 0 Å². The number of benzene rings is 1. The summed E-state index contributed by atoms with van der Waals surface area (Å²) in [4.78, 5) is 28.3. The monoisotopic (exact) mass is 232 g/mol. The zero-order valence-electron chi connectivity index (χ0n) is 9.64. The van der Waals surface area contributed by atoms with Crippen LogP contribution >= 0.6 is 0 Å². The van der Waals surface area contributed by atoms with Crippen molar-refractivity contribution in [3.05, 3.63) is 29.8 Å². The van der Waals surface area contributed by atoms with E-state index in [2.05, 4.69) is 4.99 Å². The first-order chi connectivity index (χ1) is 8.15. The van der Waals surface area contributed by atoms with Crippen molar-refractivity contribution in [2.75, 3.05) is 18.6 Å². The molecule has 0 unspecified atom stereocenters. The van der Waals surface area contributed by atoms with E-state index in [1.807, 2.05) is 6.07 Å². The molecule has 0 fully saturated rings. The summed E-state index contributed by atoms with van der Waals surface area (Å²) in [6.45, 7) is 1.93. The first kappa shape index (κ1) is 11.3. The molecule has 0 aliphatic carbocycles. The number of carbonyl (C=O) groups is 2. The Bertz CT molecular complexity index is 508. The largest absolute Gasteiger partial charge is 0.448 e. The molecule has 5 heteroatoms. The zero-order valence-corrected chi connectivity index (χ0v) is 9.64. The maximum atomic E-state index is 11.9.